The number of carbonyl (C=O) groups is 1. The highest BCUT2D eigenvalue weighted by Crippen LogP contribution is 2.55. The maximum Gasteiger partial charge on any atom is 0.219 e. The van der Waals surface area contributed by atoms with E-state index in [9.17, 15) is 9.18 Å². The van der Waals surface area contributed by atoms with Crippen LogP contribution in [0.5, 0.6) is 0 Å². The van der Waals surface area contributed by atoms with E-state index in [-0.39, 0.29) is 17.1 Å². The highest BCUT2D eigenvalue weighted by atomic mass is 19.1. The van der Waals surface area contributed by atoms with Crippen molar-refractivity contribution in [2.24, 2.45) is 0 Å². The summed E-state index contributed by atoms with van der Waals surface area (Å²) < 4.78 is 13.2. The summed E-state index contributed by atoms with van der Waals surface area (Å²) in [7, 11) is 0. The van der Waals surface area contributed by atoms with Crippen LogP contribution in [0, 0.1) is 6.92 Å². The Morgan fingerprint density at radius 1 is 1.31 bits per heavy atom. The van der Waals surface area contributed by atoms with Gasteiger partial charge in [-0.05, 0) is 57.6 Å². The third kappa shape index (κ3) is 3.49. The van der Waals surface area contributed by atoms with Crippen LogP contribution >= 0.6 is 0 Å². The van der Waals surface area contributed by atoms with Crippen LogP contribution < -0.4 is 0 Å². The van der Waals surface area contributed by atoms with E-state index in [0.717, 1.165) is 50.9 Å². The second kappa shape index (κ2) is 7.37. The lowest BCUT2D eigenvalue weighted by Gasteiger charge is -2.31. The molecule has 5 heteroatoms. The van der Waals surface area contributed by atoms with Crippen LogP contribution in [0.25, 0.3) is 0 Å². The molecule has 1 aromatic heterocycles. The number of aromatic nitrogens is 2. The van der Waals surface area contributed by atoms with Gasteiger partial charge in [-0.1, -0.05) is 18.6 Å². The summed E-state index contributed by atoms with van der Waals surface area (Å²) in [6.45, 7) is 9.06. The van der Waals surface area contributed by atoms with E-state index in [4.69, 9.17) is 5.10 Å². The third-order valence-corrected chi connectivity index (χ3v) is 6.11. The number of aromatic amines is 1. The van der Waals surface area contributed by atoms with Gasteiger partial charge in [0.05, 0.1) is 11.5 Å². The van der Waals surface area contributed by atoms with E-state index in [1.54, 1.807) is 13.0 Å². The van der Waals surface area contributed by atoms with E-state index in [1.165, 1.54) is 23.8 Å². The summed E-state index contributed by atoms with van der Waals surface area (Å²) in [6.07, 6.45) is 8.55. The summed E-state index contributed by atoms with van der Waals surface area (Å²) in [5, 5.41) is 8.02. The summed E-state index contributed by atoms with van der Waals surface area (Å²) in [4.78, 5) is 13.5. The highest BCUT2D eigenvalue weighted by Gasteiger charge is 2.49. The Balaban J connectivity index is 1.82. The van der Waals surface area contributed by atoms with Gasteiger partial charge in [0.15, 0.2) is 0 Å². The number of rotatable bonds is 5. The molecule has 0 atom stereocenters. The molecule has 2 aliphatic rings. The number of halogens is 1. The smallest absolute Gasteiger partial charge is 0.219 e. The number of H-pyrrole nitrogens is 1. The quantitative estimate of drug-likeness (QED) is 0.776. The molecule has 0 unspecified atom stereocenters. The molecule has 2 heterocycles. The van der Waals surface area contributed by atoms with Gasteiger partial charge in [-0.2, -0.15) is 5.10 Å². The van der Waals surface area contributed by atoms with Crippen molar-refractivity contribution in [2.75, 3.05) is 13.1 Å². The van der Waals surface area contributed by atoms with Crippen molar-refractivity contribution in [3.05, 3.63) is 40.5 Å². The van der Waals surface area contributed by atoms with Crippen LogP contribution in [-0.2, 0) is 10.2 Å². The molecule has 0 aromatic carbocycles. The Bertz CT molecular complexity index is 730. The molecule has 142 valence electrons. The number of hydrogen-bond acceptors (Lipinski definition) is 2. The van der Waals surface area contributed by atoms with Gasteiger partial charge in [0, 0.05) is 37.0 Å². The topological polar surface area (TPSA) is 49.0 Å². The van der Waals surface area contributed by atoms with Gasteiger partial charge in [0.2, 0.25) is 5.91 Å². The van der Waals surface area contributed by atoms with Crippen molar-refractivity contribution in [2.45, 2.75) is 71.1 Å². The third-order valence-electron chi connectivity index (χ3n) is 6.11. The highest BCUT2D eigenvalue weighted by molar-refractivity contribution is 5.73. The van der Waals surface area contributed by atoms with Crippen LogP contribution in [0.2, 0.25) is 0 Å². The lowest BCUT2D eigenvalue weighted by atomic mass is 9.85. The van der Waals surface area contributed by atoms with Gasteiger partial charge in [-0.15, -0.1) is 0 Å². The van der Waals surface area contributed by atoms with Crippen molar-refractivity contribution in [3.63, 3.8) is 0 Å². The summed E-state index contributed by atoms with van der Waals surface area (Å²) in [5.41, 5.74) is 4.87. The van der Waals surface area contributed by atoms with Crippen LogP contribution in [-0.4, -0.2) is 34.1 Å². The predicted molar refractivity (Wildman–Crippen MR) is 102 cm³/mol. The zero-order valence-corrected chi connectivity index (χ0v) is 16.4. The van der Waals surface area contributed by atoms with Crippen LogP contribution in [0.4, 0.5) is 4.39 Å². The molecule has 2 fully saturated rings. The number of hydrogen-bond donors (Lipinski definition) is 1. The maximum atomic E-state index is 13.2. The Kier molecular flexibility index (Phi) is 5.35. The van der Waals surface area contributed by atoms with E-state index in [2.05, 4.69) is 18.9 Å². The number of likely N-dealkylation sites (tertiary alicyclic amines) is 1. The van der Waals surface area contributed by atoms with E-state index in [1.807, 2.05) is 11.0 Å². The Hall–Kier alpha value is -1.91. The molecule has 0 bridgehead atoms. The SMILES string of the molecule is CC/C(=C\C=C(/C)F)C1(c2n[nH]c(C3CCN(C(C)=O)CC3)c2C)CC1. The van der Waals surface area contributed by atoms with Gasteiger partial charge < -0.3 is 4.90 Å². The number of piperidine rings is 1. The summed E-state index contributed by atoms with van der Waals surface area (Å²) in [5.74, 6) is 0.435. The standard InChI is InChI=1S/C21H30FN3O/c1-5-18(7-6-14(2)22)21(10-11-21)20-15(3)19(23-24-20)17-8-12-25(13-9-17)16(4)26/h6-7,17H,5,8-13H2,1-4H3,(H,23,24)/b14-6+,18-7+. The Labute approximate surface area is 155 Å². The van der Waals surface area contributed by atoms with Crippen molar-refractivity contribution in [3.8, 4) is 0 Å². The summed E-state index contributed by atoms with van der Waals surface area (Å²) in [6, 6.07) is 0. The molecule has 3 rings (SSSR count). The molecule has 1 amide bonds. The van der Waals surface area contributed by atoms with E-state index < -0.39 is 0 Å². The van der Waals surface area contributed by atoms with Crippen molar-refractivity contribution < 1.29 is 9.18 Å². The fraction of sp³-hybridized carbons (Fsp3) is 0.619. The minimum absolute atomic E-state index is 0.0143. The second-order valence-electron chi connectivity index (χ2n) is 7.77. The molecule has 0 spiro atoms. The zero-order valence-electron chi connectivity index (χ0n) is 16.4. The van der Waals surface area contributed by atoms with Gasteiger partial charge in [0.25, 0.3) is 0 Å². The monoisotopic (exact) mass is 359 g/mol. The lowest BCUT2D eigenvalue weighted by Crippen LogP contribution is -2.36. The first-order valence-corrected chi connectivity index (χ1v) is 9.73. The lowest BCUT2D eigenvalue weighted by molar-refractivity contribution is -0.129. The van der Waals surface area contributed by atoms with Gasteiger partial charge in [0.1, 0.15) is 0 Å². The Morgan fingerprint density at radius 2 is 1.96 bits per heavy atom. The maximum absolute atomic E-state index is 13.2. The minimum atomic E-state index is -0.164. The van der Waals surface area contributed by atoms with Gasteiger partial charge >= 0.3 is 0 Å². The molecule has 1 aliphatic carbocycles. The number of nitrogens with zero attached hydrogens (tertiary/aromatic N) is 2. The van der Waals surface area contributed by atoms with Crippen LogP contribution in [0.3, 0.4) is 0 Å². The minimum Gasteiger partial charge on any atom is -0.343 e. The molecule has 26 heavy (non-hydrogen) atoms. The zero-order chi connectivity index (χ0) is 18.9. The van der Waals surface area contributed by atoms with Crippen molar-refractivity contribution in [1.29, 1.82) is 0 Å². The molecule has 1 aromatic rings. The first-order valence-electron chi connectivity index (χ1n) is 9.73. The molecular formula is C21H30FN3O. The van der Waals surface area contributed by atoms with E-state index >= 15 is 0 Å². The first-order chi connectivity index (χ1) is 12.4. The normalized spacial score (nSPS) is 21.2. The average Bonchev–Trinajstić information content (AvgIpc) is 3.31. The van der Waals surface area contributed by atoms with Crippen LogP contribution in [0.1, 0.15) is 75.7 Å². The van der Waals surface area contributed by atoms with Gasteiger partial charge in [-0.3, -0.25) is 9.89 Å². The average molecular weight is 359 g/mol. The fourth-order valence-corrected chi connectivity index (χ4v) is 4.42. The van der Waals surface area contributed by atoms with E-state index in [0.29, 0.717) is 5.92 Å². The second-order valence-corrected chi connectivity index (χ2v) is 7.77. The number of nitrogens with one attached hydrogen (secondary N) is 1. The first kappa shape index (κ1) is 18.9. The predicted octanol–water partition coefficient (Wildman–Crippen LogP) is 4.69. The van der Waals surface area contributed by atoms with Crippen LogP contribution in [0.15, 0.2) is 23.6 Å². The molecule has 1 N–H and O–H groups in total. The number of amides is 1. The molecular weight excluding hydrogens is 329 g/mol. The number of carbonyl (C=O) groups excluding carboxylic acids is 1. The molecule has 0 radical (unpaired) electrons. The Morgan fingerprint density at radius 3 is 2.46 bits per heavy atom. The molecule has 1 aliphatic heterocycles. The molecule has 4 nitrogen and oxygen atoms in total. The van der Waals surface area contributed by atoms with Gasteiger partial charge in [-0.25, -0.2) is 4.39 Å². The fourth-order valence-electron chi connectivity index (χ4n) is 4.42. The van der Waals surface area contributed by atoms with Crippen molar-refractivity contribution in [1.82, 2.24) is 15.1 Å². The summed E-state index contributed by atoms with van der Waals surface area (Å²) >= 11 is 0. The molecule has 1 saturated heterocycles. The number of allylic oxidation sites excluding steroid dienone is 4. The van der Waals surface area contributed by atoms with Crippen molar-refractivity contribution >= 4 is 5.91 Å². The molecule has 1 saturated carbocycles. The largest absolute Gasteiger partial charge is 0.343 e.